The third-order valence-electron chi connectivity index (χ3n) is 2.02. The van der Waals surface area contributed by atoms with Gasteiger partial charge in [0.2, 0.25) is 0 Å². The SMILES string of the molecule is COC(=O)CC1COCC(C)(C)N1. The van der Waals surface area contributed by atoms with E-state index in [1.807, 2.05) is 0 Å². The largest absolute Gasteiger partial charge is 0.469 e. The van der Waals surface area contributed by atoms with Crippen molar-refractivity contribution in [2.45, 2.75) is 31.8 Å². The summed E-state index contributed by atoms with van der Waals surface area (Å²) < 4.78 is 9.96. The van der Waals surface area contributed by atoms with Crippen molar-refractivity contribution >= 4 is 5.97 Å². The predicted molar refractivity (Wildman–Crippen MR) is 48.5 cm³/mol. The third kappa shape index (κ3) is 3.32. The second kappa shape index (κ2) is 4.07. The number of carbonyl (C=O) groups excluding carboxylic acids is 1. The molecule has 0 aliphatic carbocycles. The van der Waals surface area contributed by atoms with E-state index < -0.39 is 0 Å². The summed E-state index contributed by atoms with van der Waals surface area (Å²) in [5, 5.41) is 3.33. The fraction of sp³-hybridized carbons (Fsp3) is 0.889. The zero-order valence-electron chi connectivity index (χ0n) is 8.42. The van der Waals surface area contributed by atoms with Gasteiger partial charge in [0, 0.05) is 11.6 Å². The lowest BCUT2D eigenvalue weighted by Gasteiger charge is -2.36. The van der Waals surface area contributed by atoms with Gasteiger partial charge in [-0.1, -0.05) is 0 Å². The van der Waals surface area contributed by atoms with Crippen molar-refractivity contribution in [2.75, 3.05) is 20.3 Å². The Hall–Kier alpha value is -0.610. The molecular weight excluding hydrogens is 170 g/mol. The highest BCUT2D eigenvalue weighted by Crippen LogP contribution is 2.12. The van der Waals surface area contributed by atoms with E-state index in [9.17, 15) is 4.79 Å². The molecule has 1 fully saturated rings. The van der Waals surface area contributed by atoms with Crippen LogP contribution in [0.4, 0.5) is 0 Å². The first-order valence-corrected chi connectivity index (χ1v) is 4.46. The number of ether oxygens (including phenoxy) is 2. The zero-order chi connectivity index (χ0) is 9.90. The molecule has 4 heteroatoms. The fourth-order valence-electron chi connectivity index (χ4n) is 1.49. The Morgan fingerprint density at radius 1 is 1.69 bits per heavy atom. The lowest BCUT2D eigenvalue weighted by atomic mass is 10.0. The minimum absolute atomic E-state index is 0.0447. The number of hydrogen-bond donors (Lipinski definition) is 1. The average Bonchev–Trinajstić information content (AvgIpc) is 2.02. The molecule has 1 aliphatic rings. The predicted octanol–water partition coefficient (Wildman–Crippen LogP) is 0.316. The number of esters is 1. The molecule has 0 bridgehead atoms. The number of methoxy groups -OCH3 is 1. The van der Waals surface area contributed by atoms with Crippen LogP contribution in [0.25, 0.3) is 0 Å². The van der Waals surface area contributed by atoms with Gasteiger partial charge in [0.25, 0.3) is 0 Å². The van der Waals surface area contributed by atoms with Gasteiger partial charge < -0.3 is 14.8 Å². The quantitative estimate of drug-likeness (QED) is 0.632. The van der Waals surface area contributed by atoms with Crippen molar-refractivity contribution in [1.29, 1.82) is 0 Å². The second-order valence-corrected chi connectivity index (χ2v) is 4.02. The Bertz CT molecular complexity index is 191. The molecule has 1 rings (SSSR count). The first kappa shape index (κ1) is 10.5. The zero-order valence-corrected chi connectivity index (χ0v) is 8.42. The van der Waals surface area contributed by atoms with Gasteiger partial charge in [-0.2, -0.15) is 0 Å². The number of rotatable bonds is 2. The minimum atomic E-state index is -0.196. The summed E-state index contributed by atoms with van der Waals surface area (Å²) in [5.74, 6) is -0.196. The highest BCUT2D eigenvalue weighted by molar-refractivity contribution is 5.69. The minimum Gasteiger partial charge on any atom is -0.469 e. The van der Waals surface area contributed by atoms with Crippen molar-refractivity contribution in [1.82, 2.24) is 5.32 Å². The van der Waals surface area contributed by atoms with Crippen LogP contribution < -0.4 is 5.32 Å². The fourth-order valence-corrected chi connectivity index (χ4v) is 1.49. The summed E-state index contributed by atoms with van der Waals surface area (Å²) in [6, 6.07) is 0.0798. The van der Waals surface area contributed by atoms with Gasteiger partial charge in [0.05, 0.1) is 26.7 Å². The molecule has 13 heavy (non-hydrogen) atoms. The van der Waals surface area contributed by atoms with E-state index in [1.54, 1.807) is 0 Å². The molecule has 76 valence electrons. The summed E-state index contributed by atoms with van der Waals surface area (Å²) in [6.45, 7) is 5.37. The smallest absolute Gasteiger partial charge is 0.307 e. The van der Waals surface area contributed by atoms with Crippen LogP contribution in [0.5, 0.6) is 0 Å². The van der Waals surface area contributed by atoms with E-state index in [0.717, 1.165) is 0 Å². The molecule has 1 aliphatic heterocycles. The number of hydrogen-bond acceptors (Lipinski definition) is 4. The molecular formula is C9H17NO3. The van der Waals surface area contributed by atoms with Gasteiger partial charge in [-0.15, -0.1) is 0 Å². The highest BCUT2D eigenvalue weighted by Gasteiger charge is 2.28. The summed E-state index contributed by atoms with van der Waals surface area (Å²) in [6.07, 6.45) is 0.375. The van der Waals surface area contributed by atoms with Crippen LogP contribution in [0.3, 0.4) is 0 Å². The summed E-state index contributed by atoms with van der Waals surface area (Å²) in [4.78, 5) is 11.0. The highest BCUT2D eigenvalue weighted by atomic mass is 16.5. The molecule has 1 N–H and O–H groups in total. The molecule has 0 aromatic heterocycles. The number of nitrogens with one attached hydrogen (secondary N) is 1. The van der Waals surface area contributed by atoms with E-state index in [1.165, 1.54) is 7.11 Å². The molecule has 0 aromatic carbocycles. The molecule has 1 unspecified atom stereocenters. The van der Waals surface area contributed by atoms with Gasteiger partial charge >= 0.3 is 5.97 Å². The Morgan fingerprint density at radius 3 is 2.92 bits per heavy atom. The van der Waals surface area contributed by atoms with Crippen molar-refractivity contribution in [3.63, 3.8) is 0 Å². The topological polar surface area (TPSA) is 47.6 Å². The maximum absolute atomic E-state index is 11.0. The molecule has 0 saturated carbocycles. The van der Waals surface area contributed by atoms with Gasteiger partial charge in [-0.05, 0) is 13.8 Å². The lowest BCUT2D eigenvalue weighted by Crippen LogP contribution is -2.56. The van der Waals surface area contributed by atoms with E-state index in [2.05, 4.69) is 23.9 Å². The summed E-state index contributed by atoms with van der Waals surface area (Å²) in [5.41, 5.74) is -0.0447. The van der Waals surface area contributed by atoms with E-state index >= 15 is 0 Å². The Labute approximate surface area is 78.6 Å². The average molecular weight is 187 g/mol. The van der Waals surface area contributed by atoms with Crippen LogP contribution >= 0.6 is 0 Å². The van der Waals surface area contributed by atoms with E-state index in [0.29, 0.717) is 19.6 Å². The van der Waals surface area contributed by atoms with Crippen molar-refractivity contribution in [3.8, 4) is 0 Å². The van der Waals surface area contributed by atoms with Gasteiger partial charge in [-0.3, -0.25) is 4.79 Å². The van der Waals surface area contributed by atoms with Crippen molar-refractivity contribution in [2.24, 2.45) is 0 Å². The molecule has 0 aromatic rings. The maximum atomic E-state index is 11.0. The maximum Gasteiger partial charge on any atom is 0.307 e. The Kier molecular flexibility index (Phi) is 3.27. The molecule has 1 heterocycles. The Balaban J connectivity index is 2.39. The number of carbonyl (C=O) groups is 1. The third-order valence-corrected chi connectivity index (χ3v) is 2.02. The molecule has 1 atom stereocenters. The van der Waals surface area contributed by atoms with Crippen LogP contribution in [0.2, 0.25) is 0 Å². The normalized spacial score (nSPS) is 26.8. The van der Waals surface area contributed by atoms with Crippen LogP contribution in [0.1, 0.15) is 20.3 Å². The van der Waals surface area contributed by atoms with Gasteiger partial charge in [-0.25, -0.2) is 0 Å². The summed E-state index contributed by atoms with van der Waals surface area (Å²) in [7, 11) is 1.40. The van der Waals surface area contributed by atoms with Gasteiger partial charge in [0.15, 0.2) is 0 Å². The van der Waals surface area contributed by atoms with Crippen LogP contribution in [0, 0.1) is 0 Å². The van der Waals surface area contributed by atoms with Crippen LogP contribution in [-0.4, -0.2) is 37.9 Å². The lowest BCUT2D eigenvalue weighted by molar-refractivity contribution is -0.142. The van der Waals surface area contributed by atoms with Gasteiger partial charge in [0.1, 0.15) is 0 Å². The molecule has 1 saturated heterocycles. The first-order valence-electron chi connectivity index (χ1n) is 4.46. The Morgan fingerprint density at radius 2 is 2.38 bits per heavy atom. The molecule has 4 nitrogen and oxygen atoms in total. The standard InChI is InChI=1S/C9H17NO3/c1-9(2)6-13-5-7(10-9)4-8(11)12-3/h7,10H,4-6H2,1-3H3. The van der Waals surface area contributed by atoms with Crippen molar-refractivity contribution in [3.05, 3.63) is 0 Å². The molecule has 0 spiro atoms. The molecule has 0 radical (unpaired) electrons. The van der Waals surface area contributed by atoms with Crippen LogP contribution in [-0.2, 0) is 14.3 Å². The monoisotopic (exact) mass is 187 g/mol. The van der Waals surface area contributed by atoms with E-state index in [-0.39, 0.29) is 17.6 Å². The van der Waals surface area contributed by atoms with Crippen molar-refractivity contribution < 1.29 is 14.3 Å². The second-order valence-electron chi connectivity index (χ2n) is 4.02. The van der Waals surface area contributed by atoms with E-state index in [4.69, 9.17) is 4.74 Å². The van der Waals surface area contributed by atoms with Crippen LogP contribution in [0.15, 0.2) is 0 Å². The first-order chi connectivity index (χ1) is 6.03. The number of morpholine rings is 1. The molecule has 0 amide bonds. The summed E-state index contributed by atoms with van der Waals surface area (Å²) >= 11 is 0.